The fraction of sp³-hybridized carbons (Fsp3) is 0.0638. The lowest BCUT2D eigenvalue weighted by molar-refractivity contribution is 0.664. The first-order valence-electron chi connectivity index (χ1n) is 17.0. The van der Waals surface area contributed by atoms with Gasteiger partial charge in [0.2, 0.25) is 0 Å². The Morgan fingerprint density at radius 1 is 0.469 bits per heavy atom. The predicted octanol–water partition coefficient (Wildman–Crippen LogP) is 12.7. The van der Waals surface area contributed by atoms with Crippen molar-refractivity contribution in [3.05, 3.63) is 192 Å². The summed E-state index contributed by atoms with van der Waals surface area (Å²) >= 11 is 0. The second kappa shape index (κ2) is 11.5. The third-order valence-electron chi connectivity index (χ3n) is 10.2. The van der Waals surface area contributed by atoms with E-state index in [9.17, 15) is 0 Å². The Bertz CT molecular complexity index is 2440. The maximum absolute atomic E-state index is 2.48. The normalized spacial score (nSPS) is 13.2. The number of hydrogen-bond donors (Lipinski definition) is 0. The van der Waals surface area contributed by atoms with Gasteiger partial charge in [-0.25, -0.2) is 0 Å². The van der Waals surface area contributed by atoms with Gasteiger partial charge >= 0.3 is 0 Å². The van der Waals surface area contributed by atoms with E-state index in [2.05, 4.69) is 205 Å². The third kappa shape index (κ3) is 4.79. The molecule has 0 spiro atoms. The molecule has 1 aliphatic rings. The van der Waals surface area contributed by atoms with Crippen LogP contribution in [0.4, 0.5) is 17.1 Å². The Morgan fingerprint density at radius 3 is 1.69 bits per heavy atom. The van der Waals surface area contributed by atoms with Gasteiger partial charge in [-0.05, 0) is 88.0 Å². The van der Waals surface area contributed by atoms with Gasteiger partial charge < -0.3 is 9.47 Å². The molecule has 49 heavy (non-hydrogen) atoms. The molecular weight excluding hydrogens is 593 g/mol. The van der Waals surface area contributed by atoms with Gasteiger partial charge in [0.05, 0.1) is 11.0 Å². The summed E-state index contributed by atoms with van der Waals surface area (Å²) < 4.78 is 2.48. The Kier molecular flexibility index (Phi) is 6.84. The minimum Gasteiger partial charge on any atom is -0.311 e. The maximum Gasteiger partial charge on any atom is 0.0588 e. The first-order chi connectivity index (χ1) is 24.1. The van der Waals surface area contributed by atoms with Crippen molar-refractivity contribution in [2.24, 2.45) is 0 Å². The molecule has 0 fully saturated rings. The molecular formula is C47H36N2. The average Bonchev–Trinajstić information content (AvgIpc) is 3.61. The molecule has 0 saturated heterocycles. The standard InChI is InChI=1S/C47H36N2/c1-47(2)43-19-11-9-17-39(43)41-31-32-42-40-18-10-12-20-44(40)49(46(42)45(41)47)38-29-25-34(26-30-38)22-21-33-23-27-37(28-24-33)48(35-13-5-3-6-14-35)36-15-7-4-8-16-36/h3-32H,1-2H3. The minimum absolute atomic E-state index is 0.102. The number of rotatable bonds is 6. The molecule has 0 saturated carbocycles. The monoisotopic (exact) mass is 628 g/mol. The molecule has 0 unspecified atom stereocenters. The van der Waals surface area contributed by atoms with E-state index in [-0.39, 0.29) is 5.41 Å². The van der Waals surface area contributed by atoms with Crippen molar-refractivity contribution in [2.45, 2.75) is 19.3 Å². The van der Waals surface area contributed by atoms with Crippen LogP contribution in [-0.2, 0) is 5.41 Å². The predicted molar refractivity (Wildman–Crippen MR) is 208 cm³/mol. The summed E-state index contributed by atoms with van der Waals surface area (Å²) in [5, 5.41) is 2.60. The van der Waals surface area contributed by atoms with E-state index in [4.69, 9.17) is 0 Å². The van der Waals surface area contributed by atoms with E-state index in [1.807, 2.05) is 0 Å². The Hall–Kier alpha value is -6.12. The van der Waals surface area contributed by atoms with E-state index in [1.165, 1.54) is 55.3 Å². The van der Waals surface area contributed by atoms with Crippen LogP contribution in [0, 0.1) is 0 Å². The summed E-state index contributed by atoms with van der Waals surface area (Å²) in [5.41, 5.74) is 14.9. The molecule has 9 rings (SSSR count). The van der Waals surface area contributed by atoms with Crippen molar-refractivity contribution in [3.63, 3.8) is 0 Å². The van der Waals surface area contributed by atoms with Gasteiger partial charge in [0, 0.05) is 38.9 Å². The Balaban J connectivity index is 1.06. The number of para-hydroxylation sites is 3. The summed E-state index contributed by atoms with van der Waals surface area (Å²) in [4.78, 5) is 2.29. The quantitative estimate of drug-likeness (QED) is 0.166. The molecule has 0 atom stereocenters. The number of anilines is 3. The Labute approximate surface area is 287 Å². The van der Waals surface area contributed by atoms with Crippen molar-refractivity contribution < 1.29 is 0 Å². The summed E-state index contributed by atoms with van der Waals surface area (Å²) in [6.45, 7) is 4.75. The molecule has 234 valence electrons. The summed E-state index contributed by atoms with van der Waals surface area (Å²) in [7, 11) is 0. The molecule has 0 amide bonds. The van der Waals surface area contributed by atoms with Crippen molar-refractivity contribution in [2.75, 3.05) is 4.90 Å². The molecule has 1 heterocycles. The maximum atomic E-state index is 2.48. The molecule has 2 nitrogen and oxygen atoms in total. The smallest absolute Gasteiger partial charge is 0.0588 e. The second-order valence-electron chi connectivity index (χ2n) is 13.4. The fourth-order valence-corrected chi connectivity index (χ4v) is 7.84. The first kappa shape index (κ1) is 29.1. The molecule has 1 aromatic heterocycles. The van der Waals surface area contributed by atoms with Gasteiger partial charge in [0.25, 0.3) is 0 Å². The molecule has 7 aromatic carbocycles. The zero-order valence-corrected chi connectivity index (χ0v) is 27.7. The number of fused-ring (bicyclic) bond motifs is 7. The SMILES string of the molecule is CC1(C)c2ccccc2-c2ccc3c4ccccc4n(-c4ccc(C=Cc5ccc(N(c6ccccc6)c6ccccc6)cc5)cc4)c3c21. The molecule has 2 heteroatoms. The molecule has 0 aliphatic heterocycles. The van der Waals surface area contributed by atoms with Crippen molar-refractivity contribution in [1.29, 1.82) is 0 Å². The van der Waals surface area contributed by atoms with Crippen LogP contribution >= 0.6 is 0 Å². The highest BCUT2D eigenvalue weighted by molar-refractivity contribution is 6.13. The van der Waals surface area contributed by atoms with Gasteiger partial charge in [-0.1, -0.05) is 141 Å². The number of hydrogen-bond acceptors (Lipinski definition) is 1. The van der Waals surface area contributed by atoms with Crippen LogP contribution in [0.5, 0.6) is 0 Å². The van der Waals surface area contributed by atoms with E-state index in [0.29, 0.717) is 0 Å². The van der Waals surface area contributed by atoms with Crippen molar-refractivity contribution in [1.82, 2.24) is 4.57 Å². The number of aromatic nitrogens is 1. The fourth-order valence-electron chi connectivity index (χ4n) is 7.84. The van der Waals surface area contributed by atoms with Crippen LogP contribution in [0.2, 0.25) is 0 Å². The van der Waals surface area contributed by atoms with Crippen LogP contribution in [-0.4, -0.2) is 4.57 Å². The molecule has 0 bridgehead atoms. The summed E-state index contributed by atoms with van der Waals surface area (Å²) in [6.07, 6.45) is 4.40. The Morgan fingerprint density at radius 2 is 1.02 bits per heavy atom. The minimum atomic E-state index is -0.102. The van der Waals surface area contributed by atoms with Crippen molar-refractivity contribution >= 4 is 51.0 Å². The van der Waals surface area contributed by atoms with Gasteiger partial charge in [0.15, 0.2) is 0 Å². The second-order valence-corrected chi connectivity index (χ2v) is 13.4. The van der Waals surface area contributed by atoms with E-state index >= 15 is 0 Å². The highest BCUT2D eigenvalue weighted by Gasteiger charge is 2.38. The molecule has 0 radical (unpaired) electrons. The largest absolute Gasteiger partial charge is 0.311 e. The topological polar surface area (TPSA) is 8.17 Å². The third-order valence-corrected chi connectivity index (χ3v) is 10.2. The molecule has 0 N–H and O–H groups in total. The lowest BCUT2D eigenvalue weighted by Gasteiger charge is -2.25. The van der Waals surface area contributed by atoms with Gasteiger partial charge in [0.1, 0.15) is 0 Å². The molecule has 8 aromatic rings. The average molecular weight is 629 g/mol. The lowest BCUT2D eigenvalue weighted by Crippen LogP contribution is -2.16. The molecule has 1 aliphatic carbocycles. The number of nitrogens with zero attached hydrogens (tertiary/aromatic N) is 2. The van der Waals surface area contributed by atoms with E-state index in [1.54, 1.807) is 0 Å². The van der Waals surface area contributed by atoms with E-state index < -0.39 is 0 Å². The summed E-state index contributed by atoms with van der Waals surface area (Å²) in [6, 6.07) is 61.2. The van der Waals surface area contributed by atoms with Crippen LogP contribution in [0.1, 0.15) is 36.1 Å². The van der Waals surface area contributed by atoms with Crippen LogP contribution < -0.4 is 4.90 Å². The van der Waals surface area contributed by atoms with Crippen LogP contribution in [0.3, 0.4) is 0 Å². The lowest BCUT2D eigenvalue weighted by atomic mass is 9.81. The zero-order chi connectivity index (χ0) is 33.0. The number of benzene rings is 7. The zero-order valence-electron chi connectivity index (χ0n) is 27.7. The van der Waals surface area contributed by atoms with Crippen LogP contribution in [0.15, 0.2) is 170 Å². The van der Waals surface area contributed by atoms with Crippen LogP contribution in [0.25, 0.3) is 50.8 Å². The van der Waals surface area contributed by atoms with Gasteiger partial charge in [-0.15, -0.1) is 0 Å². The highest BCUT2D eigenvalue weighted by atomic mass is 15.1. The van der Waals surface area contributed by atoms with Gasteiger partial charge in [-0.3, -0.25) is 0 Å². The van der Waals surface area contributed by atoms with E-state index in [0.717, 1.165) is 22.6 Å². The first-order valence-corrected chi connectivity index (χ1v) is 17.0. The van der Waals surface area contributed by atoms with Crippen molar-refractivity contribution in [3.8, 4) is 16.8 Å². The van der Waals surface area contributed by atoms with Gasteiger partial charge in [-0.2, -0.15) is 0 Å². The highest BCUT2D eigenvalue weighted by Crippen LogP contribution is 2.52. The summed E-state index contributed by atoms with van der Waals surface area (Å²) in [5.74, 6) is 0.